The van der Waals surface area contributed by atoms with Crippen molar-refractivity contribution in [3.05, 3.63) is 59.1 Å². The van der Waals surface area contributed by atoms with Crippen LogP contribution in [0.25, 0.3) is 0 Å². The first-order valence-corrected chi connectivity index (χ1v) is 6.97. The van der Waals surface area contributed by atoms with Gasteiger partial charge in [0, 0.05) is 6.04 Å². The van der Waals surface area contributed by atoms with Gasteiger partial charge >= 0.3 is 0 Å². The minimum Gasteiger partial charge on any atom is -0.484 e. The number of carbonyl (C=O) groups excluding carboxylic acids is 1. The summed E-state index contributed by atoms with van der Waals surface area (Å²) in [4.78, 5) is 11.8. The molecule has 0 aliphatic carbocycles. The Morgan fingerprint density at radius 3 is 2.52 bits per heavy atom. The highest BCUT2D eigenvalue weighted by Gasteiger charge is 2.06. The molecule has 3 N–H and O–H groups in total. The third-order valence-corrected chi connectivity index (χ3v) is 3.25. The predicted octanol–water partition coefficient (Wildman–Crippen LogP) is 3.38. The molecular weight excluding hydrogens is 288 g/mol. The van der Waals surface area contributed by atoms with Crippen molar-refractivity contribution in [1.82, 2.24) is 0 Å². The number of benzene rings is 2. The molecular formula is C16H17ClN2O2. The molecule has 0 aliphatic heterocycles. The molecule has 0 saturated carbocycles. The monoisotopic (exact) mass is 304 g/mol. The van der Waals surface area contributed by atoms with Crippen LogP contribution in [-0.2, 0) is 4.79 Å². The Hall–Kier alpha value is -2.04. The molecule has 0 bridgehead atoms. The SMILES string of the molecule is C[C@@H](N)c1ccc(OCC(=O)Nc2ccccc2Cl)cc1. The Labute approximate surface area is 128 Å². The molecule has 2 aromatic carbocycles. The van der Waals surface area contributed by atoms with Crippen molar-refractivity contribution in [2.45, 2.75) is 13.0 Å². The van der Waals surface area contributed by atoms with Crippen LogP contribution in [0.1, 0.15) is 18.5 Å². The van der Waals surface area contributed by atoms with E-state index < -0.39 is 0 Å². The average Bonchev–Trinajstić information content (AvgIpc) is 2.48. The van der Waals surface area contributed by atoms with Gasteiger partial charge in [0.1, 0.15) is 5.75 Å². The van der Waals surface area contributed by atoms with Crippen LogP contribution >= 0.6 is 11.6 Å². The van der Waals surface area contributed by atoms with Gasteiger partial charge in [-0.3, -0.25) is 4.79 Å². The van der Waals surface area contributed by atoms with E-state index in [2.05, 4.69) is 5.32 Å². The van der Waals surface area contributed by atoms with E-state index in [1.54, 1.807) is 36.4 Å². The maximum absolute atomic E-state index is 11.8. The number of rotatable bonds is 5. The van der Waals surface area contributed by atoms with Crippen molar-refractivity contribution >= 4 is 23.2 Å². The molecule has 1 amide bonds. The smallest absolute Gasteiger partial charge is 0.262 e. The number of para-hydroxylation sites is 1. The van der Waals surface area contributed by atoms with Crippen molar-refractivity contribution in [3.63, 3.8) is 0 Å². The van der Waals surface area contributed by atoms with E-state index >= 15 is 0 Å². The first-order valence-electron chi connectivity index (χ1n) is 6.59. The molecule has 0 spiro atoms. The highest BCUT2D eigenvalue weighted by molar-refractivity contribution is 6.33. The van der Waals surface area contributed by atoms with E-state index in [0.717, 1.165) is 5.56 Å². The molecule has 1 atom stereocenters. The standard InChI is InChI=1S/C16H17ClN2O2/c1-11(18)12-6-8-13(9-7-12)21-10-16(20)19-15-5-3-2-4-14(15)17/h2-9,11H,10,18H2,1H3,(H,19,20)/t11-/m1/s1. The summed E-state index contributed by atoms with van der Waals surface area (Å²) in [5, 5.41) is 3.19. The van der Waals surface area contributed by atoms with Gasteiger partial charge in [0.15, 0.2) is 6.61 Å². The number of ether oxygens (including phenoxy) is 1. The van der Waals surface area contributed by atoms with Crippen molar-refractivity contribution in [1.29, 1.82) is 0 Å². The van der Waals surface area contributed by atoms with Gasteiger partial charge in [-0.1, -0.05) is 35.9 Å². The zero-order valence-corrected chi connectivity index (χ0v) is 12.4. The Balaban J connectivity index is 1.88. The summed E-state index contributed by atoms with van der Waals surface area (Å²) in [7, 11) is 0. The summed E-state index contributed by atoms with van der Waals surface area (Å²) in [6.07, 6.45) is 0. The van der Waals surface area contributed by atoms with E-state index in [1.165, 1.54) is 0 Å². The Kier molecular flexibility index (Phi) is 5.20. The van der Waals surface area contributed by atoms with E-state index in [0.29, 0.717) is 16.5 Å². The summed E-state index contributed by atoms with van der Waals surface area (Å²) in [5.41, 5.74) is 7.35. The van der Waals surface area contributed by atoms with Crippen molar-refractivity contribution < 1.29 is 9.53 Å². The van der Waals surface area contributed by atoms with Gasteiger partial charge in [0.05, 0.1) is 10.7 Å². The van der Waals surface area contributed by atoms with Crippen LogP contribution in [-0.4, -0.2) is 12.5 Å². The molecule has 5 heteroatoms. The molecule has 0 fully saturated rings. The zero-order chi connectivity index (χ0) is 15.2. The van der Waals surface area contributed by atoms with E-state index in [1.807, 2.05) is 19.1 Å². The molecule has 4 nitrogen and oxygen atoms in total. The van der Waals surface area contributed by atoms with Crippen LogP contribution in [0, 0.1) is 0 Å². The predicted molar refractivity (Wildman–Crippen MR) is 84.6 cm³/mol. The lowest BCUT2D eigenvalue weighted by Crippen LogP contribution is -2.20. The van der Waals surface area contributed by atoms with E-state index in [-0.39, 0.29) is 18.6 Å². The fourth-order valence-corrected chi connectivity index (χ4v) is 1.95. The second-order valence-electron chi connectivity index (χ2n) is 4.67. The molecule has 21 heavy (non-hydrogen) atoms. The number of hydrogen-bond acceptors (Lipinski definition) is 3. The second-order valence-corrected chi connectivity index (χ2v) is 5.08. The maximum atomic E-state index is 11.8. The van der Waals surface area contributed by atoms with Gasteiger partial charge in [-0.15, -0.1) is 0 Å². The normalized spacial score (nSPS) is 11.8. The van der Waals surface area contributed by atoms with Crippen LogP contribution in [0.2, 0.25) is 5.02 Å². The molecule has 110 valence electrons. The van der Waals surface area contributed by atoms with Gasteiger partial charge in [0.25, 0.3) is 5.91 Å². The number of halogens is 1. The Morgan fingerprint density at radius 2 is 1.90 bits per heavy atom. The second kappa shape index (κ2) is 7.11. The molecule has 0 unspecified atom stereocenters. The van der Waals surface area contributed by atoms with Crippen LogP contribution in [0.3, 0.4) is 0 Å². The van der Waals surface area contributed by atoms with Gasteiger partial charge in [-0.2, -0.15) is 0 Å². The highest BCUT2D eigenvalue weighted by Crippen LogP contribution is 2.20. The lowest BCUT2D eigenvalue weighted by atomic mass is 10.1. The van der Waals surface area contributed by atoms with Gasteiger partial charge in [-0.05, 0) is 36.8 Å². The molecule has 2 rings (SSSR count). The lowest BCUT2D eigenvalue weighted by molar-refractivity contribution is -0.118. The number of nitrogens with one attached hydrogen (secondary N) is 1. The number of hydrogen-bond donors (Lipinski definition) is 2. The lowest BCUT2D eigenvalue weighted by Gasteiger charge is -2.10. The number of anilines is 1. The molecule has 0 aromatic heterocycles. The molecule has 0 saturated heterocycles. The zero-order valence-electron chi connectivity index (χ0n) is 11.7. The van der Waals surface area contributed by atoms with Gasteiger partial charge in [0.2, 0.25) is 0 Å². The third-order valence-electron chi connectivity index (χ3n) is 2.92. The molecule has 0 heterocycles. The summed E-state index contributed by atoms with van der Waals surface area (Å²) in [5.74, 6) is 0.355. The quantitative estimate of drug-likeness (QED) is 0.890. The summed E-state index contributed by atoms with van der Waals surface area (Å²) in [6, 6.07) is 14.4. The van der Waals surface area contributed by atoms with Gasteiger partial charge < -0.3 is 15.8 Å². The fraction of sp³-hybridized carbons (Fsp3) is 0.188. The summed E-state index contributed by atoms with van der Waals surface area (Å²) < 4.78 is 5.42. The minimum atomic E-state index is -0.264. The highest BCUT2D eigenvalue weighted by atomic mass is 35.5. The summed E-state index contributed by atoms with van der Waals surface area (Å²) >= 11 is 5.97. The third kappa shape index (κ3) is 4.48. The van der Waals surface area contributed by atoms with E-state index in [9.17, 15) is 4.79 Å². The Bertz CT molecular complexity index is 612. The first kappa shape index (κ1) is 15.4. The summed E-state index contributed by atoms with van der Waals surface area (Å²) in [6.45, 7) is 1.83. The number of amides is 1. The maximum Gasteiger partial charge on any atom is 0.262 e. The van der Waals surface area contributed by atoms with Crippen molar-refractivity contribution in [2.24, 2.45) is 5.73 Å². The largest absolute Gasteiger partial charge is 0.484 e. The average molecular weight is 305 g/mol. The molecule has 0 aliphatic rings. The number of carbonyl (C=O) groups is 1. The minimum absolute atomic E-state index is 0.0254. The van der Waals surface area contributed by atoms with Crippen LogP contribution in [0.5, 0.6) is 5.75 Å². The first-order chi connectivity index (χ1) is 10.1. The van der Waals surface area contributed by atoms with Gasteiger partial charge in [-0.25, -0.2) is 0 Å². The van der Waals surface area contributed by atoms with Crippen molar-refractivity contribution in [3.8, 4) is 5.75 Å². The fourth-order valence-electron chi connectivity index (χ4n) is 1.77. The number of nitrogens with two attached hydrogens (primary N) is 1. The molecule has 0 radical (unpaired) electrons. The topological polar surface area (TPSA) is 64.3 Å². The van der Waals surface area contributed by atoms with Crippen molar-refractivity contribution in [2.75, 3.05) is 11.9 Å². The van der Waals surface area contributed by atoms with E-state index in [4.69, 9.17) is 22.1 Å². The van der Waals surface area contributed by atoms with Crippen LogP contribution < -0.4 is 15.8 Å². The van der Waals surface area contributed by atoms with Crippen LogP contribution in [0.4, 0.5) is 5.69 Å². The van der Waals surface area contributed by atoms with Crippen LogP contribution in [0.15, 0.2) is 48.5 Å². The molecule has 2 aromatic rings. The Morgan fingerprint density at radius 1 is 1.24 bits per heavy atom.